The molecule has 1 aliphatic rings. The molecule has 0 saturated heterocycles. The van der Waals surface area contributed by atoms with Crippen LogP contribution in [-0.4, -0.2) is 65.7 Å². The standard InChI is InChI=1S/C34H38N4O4/c1-23-19-38(24(2)22-39)33(40)28-16-10-18-30(32(28)42-31(23)21-37(3)20-25-11-5-4-6-12-25)36-34(41)35-29-17-9-14-26-13-7-8-15-27(26)29/h4-18,23-24,31,39H,19-22H2,1-3H3,(H2,35,36,41)/t23-,24+,31-/m0/s1. The van der Waals surface area contributed by atoms with Gasteiger partial charge in [-0.25, -0.2) is 4.79 Å². The van der Waals surface area contributed by atoms with Gasteiger partial charge in [0.05, 0.1) is 29.6 Å². The number of hydrogen-bond donors (Lipinski definition) is 3. The zero-order valence-electron chi connectivity index (χ0n) is 24.3. The first-order valence-corrected chi connectivity index (χ1v) is 14.3. The summed E-state index contributed by atoms with van der Waals surface area (Å²) >= 11 is 0. The van der Waals surface area contributed by atoms with Gasteiger partial charge in [0.25, 0.3) is 5.91 Å². The number of carbonyl (C=O) groups excluding carboxylic acids is 2. The molecule has 3 N–H and O–H groups in total. The van der Waals surface area contributed by atoms with Gasteiger partial charge in [-0.3, -0.25) is 9.69 Å². The Hall–Kier alpha value is -4.40. The minimum absolute atomic E-state index is 0.0492. The van der Waals surface area contributed by atoms with Crippen LogP contribution in [0.3, 0.4) is 0 Å². The highest BCUT2D eigenvalue weighted by Crippen LogP contribution is 2.35. The summed E-state index contributed by atoms with van der Waals surface area (Å²) in [6.45, 7) is 5.51. The van der Waals surface area contributed by atoms with Gasteiger partial charge in [-0.2, -0.15) is 0 Å². The lowest BCUT2D eigenvalue weighted by molar-refractivity contribution is 0.0343. The summed E-state index contributed by atoms with van der Waals surface area (Å²) < 4.78 is 6.65. The Balaban J connectivity index is 1.44. The van der Waals surface area contributed by atoms with Gasteiger partial charge in [0.15, 0.2) is 5.75 Å². The number of anilines is 2. The molecule has 3 amide bonds. The van der Waals surface area contributed by atoms with E-state index in [9.17, 15) is 14.7 Å². The zero-order chi connectivity index (χ0) is 29.6. The molecular weight excluding hydrogens is 528 g/mol. The summed E-state index contributed by atoms with van der Waals surface area (Å²) in [7, 11) is 2.05. The number of fused-ring (bicyclic) bond motifs is 2. The zero-order valence-corrected chi connectivity index (χ0v) is 24.3. The van der Waals surface area contributed by atoms with Crippen LogP contribution in [0.2, 0.25) is 0 Å². The van der Waals surface area contributed by atoms with Gasteiger partial charge in [-0.15, -0.1) is 0 Å². The fourth-order valence-corrected chi connectivity index (χ4v) is 5.44. The molecular formula is C34H38N4O4. The number of ether oxygens (including phenoxy) is 1. The van der Waals surface area contributed by atoms with Crippen LogP contribution in [0.25, 0.3) is 10.8 Å². The Kier molecular flexibility index (Phi) is 9.05. The fraction of sp³-hybridized carbons (Fsp3) is 0.294. The number of urea groups is 1. The van der Waals surface area contributed by atoms with Crippen LogP contribution >= 0.6 is 0 Å². The number of nitrogens with zero attached hydrogens (tertiary/aromatic N) is 2. The van der Waals surface area contributed by atoms with E-state index in [1.54, 1.807) is 23.1 Å². The molecule has 0 aromatic heterocycles. The second-order valence-electron chi connectivity index (χ2n) is 11.1. The van der Waals surface area contributed by atoms with Gasteiger partial charge >= 0.3 is 6.03 Å². The molecule has 1 heterocycles. The number of rotatable bonds is 8. The van der Waals surface area contributed by atoms with Gasteiger partial charge in [0.1, 0.15) is 6.10 Å². The van der Waals surface area contributed by atoms with Crippen LogP contribution in [-0.2, 0) is 6.54 Å². The van der Waals surface area contributed by atoms with Crippen LogP contribution < -0.4 is 15.4 Å². The number of nitrogens with one attached hydrogen (secondary N) is 2. The van der Waals surface area contributed by atoms with Crippen molar-refractivity contribution in [3.8, 4) is 5.75 Å². The van der Waals surface area contributed by atoms with Crippen LogP contribution in [0, 0.1) is 5.92 Å². The second-order valence-corrected chi connectivity index (χ2v) is 11.1. The van der Waals surface area contributed by atoms with Gasteiger partial charge in [0, 0.05) is 30.9 Å². The van der Waals surface area contributed by atoms with E-state index < -0.39 is 6.03 Å². The summed E-state index contributed by atoms with van der Waals surface area (Å²) in [5.41, 5.74) is 2.62. The van der Waals surface area contributed by atoms with Crippen molar-refractivity contribution in [2.45, 2.75) is 32.5 Å². The molecule has 8 heteroatoms. The molecule has 0 radical (unpaired) electrons. The molecule has 42 heavy (non-hydrogen) atoms. The number of aliphatic hydroxyl groups is 1. The van der Waals surface area contributed by atoms with Crippen molar-refractivity contribution in [3.05, 3.63) is 102 Å². The minimum Gasteiger partial charge on any atom is -0.486 e. The summed E-state index contributed by atoms with van der Waals surface area (Å²) in [5, 5.41) is 17.8. The molecule has 1 aliphatic heterocycles. The lowest BCUT2D eigenvalue weighted by atomic mass is 9.99. The highest BCUT2D eigenvalue weighted by Gasteiger charge is 2.34. The largest absolute Gasteiger partial charge is 0.486 e. The Morgan fingerprint density at radius 1 is 0.976 bits per heavy atom. The SMILES string of the molecule is C[C@H](CO)N1C[C@H](C)[C@H](CN(C)Cc2ccccc2)Oc2c(NC(=O)Nc3cccc4ccccc34)cccc2C1=O. The molecule has 0 unspecified atom stereocenters. The van der Waals surface area contributed by atoms with E-state index in [1.165, 1.54) is 5.56 Å². The van der Waals surface area contributed by atoms with Crippen LogP contribution in [0.15, 0.2) is 91.0 Å². The number of likely N-dealkylation sites (N-methyl/N-ethyl adjacent to an activating group) is 1. The maximum Gasteiger partial charge on any atom is 0.323 e. The second kappa shape index (κ2) is 13.1. The fourth-order valence-electron chi connectivity index (χ4n) is 5.44. The molecule has 0 spiro atoms. The normalized spacial score (nSPS) is 17.6. The van der Waals surface area contributed by atoms with Crippen molar-refractivity contribution in [1.82, 2.24) is 9.80 Å². The first kappa shape index (κ1) is 29.1. The predicted molar refractivity (Wildman–Crippen MR) is 167 cm³/mol. The van der Waals surface area contributed by atoms with Gasteiger partial charge in [-0.1, -0.05) is 79.7 Å². The van der Waals surface area contributed by atoms with Crippen molar-refractivity contribution in [1.29, 1.82) is 0 Å². The van der Waals surface area contributed by atoms with Crippen molar-refractivity contribution in [2.24, 2.45) is 5.92 Å². The topological polar surface area (TPSA) is 94.1 Å². The Morgan fingerprint density at radius 2 is 1.64 bits per heavy atom. The summed E-state index contributed by atoms with van der Waals surface area (Å²) in [4.78, 5) is 31.0. The Labute approximate surface area is 246 Å². The van der Waals surface area contributed by atoms with E-state index in [-0.39, 0.29) is 30.6 Å². The van der Waals surface area contributed by atoms with Gasteiger partial charge in [0.2, 0.25) is 0 Å². The quantitative estimate of drug-likeness (QED) is 0.249. The molecule has 0 aliphatic carbocycles. The van der Waals surface area contributed by atoms with E-state index in [0.717, 1.165) is 17.3 Å². The molecule has 5 rings (SSSR count). The van der Waals surface area contributed by atoms with E-state index in [1.807, 2.05) is 74.6 Å². The molecule has 8 nitrogen and oxygen atoms in total. The van der Waals surface area contributed by atoms with Gasteiger partial charge in [-0.05, 0) is 43.1 Å². The van der Waals surface area contributed by atoms with E-state index in [0.29, 0.717) is 35.8 Å². The highest BCUT2D eigenvalue weighted by atomic mass is 16.5. The molecule has 4 aromatic rings. The average molecular weight is 567 g/mol. The van der Waals surface area contributed by atoms with E-state index in [4.69, 9.17) is 4.74 Å². The molecule has 218 valence electrons. The average Bonchev–Trinajstić information content (AvgIpc) is 2.99. The minimum atomic E-state index is -0.441. The third-order valence-corrected chi connectivity index (χ3v) is 7.76. The summed E-state index contributed by atoms with van der Waals surface area (Å²) in [6, 6.07) is 28.2. The van der Waals surface area contributed by atoms with E-state index >= 15 is 0 Å². The van der Waals surface area contributed by atoms with E-state index in [2.05, 4.69) is 34.6 Å². The van der Waals surface area contributed by atoms with Crippen LogP contribution in [0.5, 0.6) is 5.75 Å². The summed E-state index contributed by atoms with van der Waals surface area (Å²) in [6.07, 6.45) is -0.289. The van der Waals surface area contributed by atoms with Crippen molar-refractivity contribution in [3.63, 3.8) is 0 Å². The lowest BCUT2D eigenvalue weighted by Gasteiger charge is -2.38. The number of hydrogen-bond acceptors (Lipinski definition) is 5. The number of para-hydroxylation sites is 1. The van der Waals surface area contributed by atoms with Gasteiger partial charge < -0.3 is 25.4 Å². The molecule has 3 atom stereocenters. The first-order chi connectivity index (χ1) is 20.3. The van der Waals surface area contributed by atoms with Crippen molar-refractivity contribution in [2.75, 3.05) is 37.4 Å². The number of carbonyl (C=O) groups is 2. The van der Waals surface area contributed by atoms with Crippen LogP contribution in [0.1, 0.15) is 29.8 Å². The van der Waals surface area contributed by atoms with Crippen LogP contribution in [0.4, 0.5) is 16.2 Å². The monoisotopic (exact) mass is 566 g/mol. The maximum atomic E-state index is 13.8. The summed E-state index contributed by atoms with van der Waals surface area (Å²) in [5.74, 6) is 0.0369. The highest BCUT2D eigenvalue weighted by molar-refractivity contribution is 6.08. The van der Waals surface area contributed by atoms with Crippen molar-refractivity contribution < 1.29 is 19.4 Å². The Morgan fingerprint density at radius 3 is 2.43 bits per heavy atom. The molecule has 0 saturated carbocycles. The number of amides is 3. The molecule has 0 bridgehead atoms. The molecule has 0 fully saturated rings. The molecule has 4 aromatic carbocycles. The first-order valence-electron chi connectivity index (χ1n) is 14.3. The number of aliphatic hydroxyl groups excluding tert-OH is 1. The van der Waals surface area contributed by atoms with Crippen molar-refractivity contribution >= 4 is 34.1 Å². The third kappa shape index (κ3) is 6.56. The number of benzene rings is 4. The predicted octanol–water partition coefficient (Wildman–Crippen LogP) is 5.84. The Bertz CT molecular complexity index is 1540. The third-order valence-electron chi connectivity index (χ3n) is 7.76. The maximum absolute atomic E-state index is 13.8. The lowest BCUT2D eigenvalue weighted by Crippen LogP contribution is -2.49. The smallest absolute Gasteiger partial charge is 0.323 e.